The molecule has 0 heterocycles. The van der Waals surface area contributed by atoms with Crippen LogP contribution in [0.5, 0.6) is 0 Å². The molecule has 0 spiro atoms. The van der Waals surface area contributed by atoms with Gasteiger partial charge in [-0.15, -0.1) is 0 Å². The fourth-order valence-electron chi connectivity index (χ4n) is 1.26. The Balaban J connectivity index is 2.86. The molecule has 0 radical (unpaired) electrons. The van der Waals surface area contributed by atoms with Crippen molar-refractivity contribution in [1.29, 1.82) is 0 Å². The van der Waals surface area contributed by atoms with Crippen LogP contribution in [-0.4, -0.2) is 40.7 Å². The second-order valence-corrected chi connectivity index (χ2v) is 4.85. The number of nitro benzene ring substituents is 1. The highest BCUT2D eigenvalue weighted by molar-refractivity contribution is 9.10. The van der Waals surface area contributed by atoms with E-state index in [9.17, 15) is 14.9 Å². The van der Waals surface area contributed by atoms with Crippen molar-refractivity contribution >= 4 is 33.3 Å². The van der Waals surface area contributed by atoms with Gasteiger partial charge in [0.25, 0.3) is 5.69 Å². The first-order valence-electron chi connectivity index (χ1n) is 5.45. The highest BCUT2D eigenvalue weighted by Gasteiger charge is 2.17. The molecule has 1 rings (SSSR count). The standard InChI is InChI=1S/C11H14BrN3O4/c1-7(6-16)14(2)11(17)13-8-3-4-9(12)10(5-8)15(18)19/h3-5,7,16H,6H2,1-2H3,(H,13,17). The van der Waals surface area contributed by atoms with Gasteiger partial charge in [-0.3, -0.25) is 10.1 Å². The van der Waals surface area contributed by atoms with Crippen molar-refractivity contribution in [3.63, 3.8) is 0 Å². The molecule has 7 nitrogen and oxygen atoms in total. The molecule has 104 valence electrons. The van der Waals surface area contributed by atoms with Gasteiger partial charge in [-0.2, -0.15) is 0 Å². The molecule has 0 aromatic heterocycles. The van der Waals surface area contributed by atoms with Gasteiger partial charge < -0.3 is 15.3 Å². The lowest BCUT2D eigenvalue weighted by atomic mass is 10.3. The van der Waals surface area contributed by atoms with Gasteiger partial charge in [0, 0.05) is 18.8 Å². The van der Waals surface area contributed by atoms with Gasteiger partial charge in [-0.1, -0.05) is 0 Å². The molecule has 0 saturated heterocycles. The third-order valence-electron chi connectivity index (χ3n) is 2.64. The lowest BCUT2D eigenvalue weighted by Gasteiger charge is -2.23. The second kappa shape index (κ2) is 6.48. The van der Waals surface area contributed by atoms with Gasteiger partial charge in [0.2, 0.25) is 0 Å². The molecule has 1 atom stereocenters. The van der Waals surface area contributed by atoms with Gasteiger partial charge >= 0.3 is 6.03 Å². The predicted molar refractivity (Wildman–Crippen MR) is 74.1 cm³/mol. The number of aliphatic hydroxyl groups excluding tert-OH is 1. The van der Waals surface area contributed by atoms with E-state index in [1.54, 1.807) is 13.0 Å². The van der Waals surface area contributed by atoms with E-state index in [0.717, 1.165) is 0 Å². The van der Waals surface area contributed by atoms with Crippen molar-refractivity contribution in [2.75, 3.05) is 19.0 Å². The maximum absolute atomic E-state index is 11.8. The summed E-state index contributed by atoms with van der Waals surface area (Å²) >= 11 is 3.06. The highest BCUT2D eigenvalue weighted by atomic mass is 79.9. The van der Waals surface area contributed by atoms with E-state index in [1.165, 1.54) is 24.1 Å². The van der Waals surface area contributed by atoms with Gasteiger partial charge in [0.1, 0.15) is 0 Å². The van der Waals surface area contributed by atoms with E-state index in [-0.39, 0.29) is 18.3 Å². The molecule has 2 amide bonds. The van der Waals surface area contributed by atoms with Crippen LogP contribution in [-0.2, 0) is 0 Å². The minimum atomic E-state index is -0.542. The van der Waals surface area contributed by atoms with Crippen molar-refractivity contribution in [3.05, 3.63) is 32.8 Å². The number of nitrogens with zero attached hydrogens (tertiary/aromatic N) is 2. The van der Waals surface area contributed by atoms with Crippen molar-refractivity contribution in [2.45, 2.75) is 13.0 Å². The van der Waals surface area contributed by atoms with E-state index in [4.69, 9.17) is 5.11 Å². The number of likely N-dealkylation sites (N-methyl/N-ethyl adjacent to an activating group) is 1. The number of amides is 2. The number of hydrogen-bond donors (Lipinski definition) is 2. The van der Waals surface area contributed by atoms with E-state index >= 15 is 0 Å². The minimum absolute atomic E-state index is 0.129. The third kappa shape index (κ3) is 3.90. The molecular formula is C11H14BrN3O4. The molecule has 2 N–H and O–H groups in total. The molecule has 1 unspecified atom stereocenters. The Morgan fingerprint density at radius 1 is 1.63 bits per heavy atom. The van der Waals surface area contributed by atoms with Crippen LogP contribution in [0.25, 0.3) is 0 Å². The Labute approximate surface area is 118 Å². The molecule has 8 heteroatoms. The summed E-state index contributed by atoms with van der Waals surface area (Å²) in [6.45, 7) is 1.52. The summed E-state index contributed by atoms with van der Waals surface area (Å²) in [5.74, 6) is 0. The van der Waals surface area contributed by atoms with Gasteiger partial charge in [-0.25, -0.2) is 4.79 Å². The Kier molecular flexibility index (Phi) is 5.25. The monoisotopic (exact) mass is 331 g/mol. The summed E-state index contributed by atoms with van der Waals surface area (Å²) in [7, 11) is 1.53. The quantitative estimate of drug-likeness (QED) is 0.653. The molecule has 0 fully saturated rings. The molecule has 0 saturated carbocycles. The summed E-state index contributed by atoms with van der Waals surface area (Å²) in [4.78, 5) is 23.3. The Morgan fingerprint density at radius 2 is 2.26 bits per heavy atom. The van der Waals surface area contributed by atoms with E-state index in [0.29, 0.717) is 10.2 Å². The van der Waals surface area contributed by atoms with Crippen LogP contribution in [0.3, 0.4) is 0 Å². The summed E-state index contributed by atoms with van der Waals surface area (Å²) < 4.78 is 0.340. The van der Waals surface area contributed by atoms with Crippen LogP contribution in [0, 0.1) is 10.1 Å². The molecule has 1 aromatic rings. The zero-order valence-corrected chi connectivity index (χ0v) is 12.0. The van der Waals surface area contributed by atoms with Crippen LogP contribution in [0.15, 0.2) is 22.7 Å². The number of benzene rings is 1. The summed E-state index contributed by atoms with van der Waals surface area (Å²) in [5, 5.41) is 22.3. The molecule has 1 aromatic carbocycles. The molecule has 0 aliphatic rings. The summed E-state index contributed by atoms with van der Waals surface area (Å²) in [6.07, 6.45) is 0. The van der Waals surface area contributed by atoms with Gasteiger partial charge in [-0.05, 0) is 35.0 Å². The normalized spacial score (nSPS) is 11.8. The fraction of sp³-hybridized carbons (Fsp3) is 0.364. The summed E-state index contributed by atoms with van der Waals surface area (Å²) in [5.41, 5.74) is 0.188. The lowest BCUT2D eigenvalue weighted by molar-refractivity contribution is -0.385. The molecule has 0 bridgehead atoms. The molecule has 19 heavy (non-hydrogen) atoms. The number of anilines is 1. The van der Waals surface area contributed by atoms with Crippen LogP contribution in [0.2, 0.25) is 0 Å². The number of aliphatic hydroxyl groups is 1. The lowest BCUT2D eigenvalue weighted by Crippen LogP contribution is -2.40. The largest absolute Gasteiger partial charge is 0.394 e. The Morgan fingerprint density at radius 3 is 2.79 bits per heavy atom. The Hall–Kier alpha value is -1.67. The van der Waals surface area contributed by atoms with Crippen LogP contribution in [0.1, 0.15) is 6.92 Å². The molecule has 0 aliphatic heterocycles. The number of halogens is 1. The average molecular weight is 332 g/mol. The predicted octanol–water partition coefficient (Wildman–Crippen LogP) is 2.20. The number of urea groups is 1. The first kappa shape index (κ1) is 15.4. The van der Waals surface area contributed by atoms with Crippen LogP contribution in [0.4, 0.5) is 16.2 Å². The van der Waals surface area contributed by atoms with Gasteiger partial charge in [0.15, 0.2) is 0 Å². The Bertz CT molecular complexity index is 495. The van der Waals surface area contributed by atoms with Crippen molar-refractivity contribution in [2.24, 2.45) is 0 Å². The second-order valence-electron chi connectivity index (χ2n) is 4.00. The zero-order chi connectivity index (χ0) is 14.6. The third-order valence-corrected chi connectivity index (χ3v) is 3.31. The fourth-order valence-corrected chi connectivity index (χ4v) is 1.66. The first-order valence-corrected chi connectivity index (χ1v) is 6.24. The molecular weight excluding hydrogens is 318 g/mol. The maximum atomic E-state index is 11.8. The average Bonchev–Trinajstić information content (AvgIpc) is 2.38. The van der Waals surface area contributed by atoms with E-state index < -0.39 is 11.0 Å². The van der Waals surface area contributed by atoms with E-state index in [2.05, 4.69) is 21.2 Å². The van der Waals surface area contributed by atoms with Crippen molar-refractivity contribution < 1.29 is 14.8 Å². The topological polar surface area (TPSA) is 95.7 Å². The highest BCUT2D eigenvalue weighted by Crippen LogP contribution is 2.27. The summed E-state index contributed by atoms with van der Waals surface area (Å²) in [6, 6.07) is 3.51. The maximum Gasteiger partial charge on any atom is 0.321 e. The van der Waals surface area contributed by atoms with Crippen molar-refractivity contribution in [1.82, 2.24) is 4.90 Å². The SMILES string of the molecule is CC(CO)N(C)C(=O)Nc1ccc(Br)c([N+](=O)[O-])c1. The number of nitrogens with one attached hydrogen (secondary N) is 1. The van der Waals surface area contributed by atoms with Crippen LogP contribution < -0.4 is 5.32 Å². The number of rotatable bonds is 4. The number of carbonyl (C=O) groups is 1. The van der Waals surface area contributed by atoms with Gasteiger partial charge in [0.05, 0.1) is 22.0 Å². The number of hydrogen-bond acceptors (Lipinski definition) is 4. The molecule has 0 aliphatic carbocycles. The smallest absolute Gasteiger partial charge is 0.321 e. The zero-order valence-electron chi connectivity index (χ0n) is 10.5. The number of nitro groups is 1. The van der Waals surface area contributed by atoms with Crippen LogP contribution >= 0.6 is 15.9 Å². The minimum Gasteiger partial charge on any atom is -0.394 e. The van der Waals surface area contributed by atoms with Crippen molar-refractivity contribution in [3.8, 4) is 0 Å². The van der Waals surface area contributed by atoms with E-state index in [1.807, 2.05) is 0 Å². The number of carbonyl (C=O) groups excluding carboxylic acids is 1. The first-order chi connectivity index (χ1) is 8.86.